The second-order valence-electron chi connectivity index (χ2n) is 22.0. The van der Waals surface area contributed by atoms with Gasteiger partial charge in [-0.1, -0.05) is 138 Å². The molecular weight excluding hydrogens is 1040 g/mol. The van der Waals surface area contributed by atoms with Crippen molar-refractivity contribution >= 4 is 47.0 Å². The van der Waals surface area contributed by atoms with Crippen LogP contribution >= 0.6 is 0 Å². The largest absolute Gasteiger partial charge is 4.00 e. The maximum atomic E-state index is 12.1. The van der Waals surface area contributed by atoms with E-state index in [1.807, 2.05) is 111 Å². The molecule has 0 N–H and O–H groups in total. The van der Waals surface area contributed by atoms with E-state index < -0.39 is 95.8 Å². The molecule has 0 rings (SSSR count). The number of aliphatic carboxylic acids is 4. The minimum absolute atomic E-state index is 0. The van der Waals surface area contributed by atoms with E-state index in [0.717, 1.165) is 0 Å². The van der Waals surface area contributed by atoms with Crippen LogP contribution in [0, 0.1) is 47.3 Å². The zero-order chi connectivity index (χ0) is 60.2. The Morgan fingerprint density at radius 1 is 0.273 bits per heavy atom. The monoisotopic (exact) mass is 1140 g/mol. The van der Waals surface area contributed by atoms with Crippen LogP contribution in [-0.2, 0) is 98.0 Å². The van der Waals surface area contributed by atoms with E-state index in [2.05, 4.69) is 0 Å². The van der Waals surface area contributed by atoms with Gasteiger partial charge in [0.2, 0.25) is 23.1 Å². The van der Waals surface area contributed by atoms with Crippen LogP contribution in [-0.4, -0.2) is 123 Å². The van der Waals surface area contributed by atoms with Crippen molar-refractivity contribution in [1.82, 2.24) is 0 Å². The topological polar surface area (TPSA) is 303 Å². The van der Waals surface area contributed by atoms with Gasteiger partial charge in [-0.05, 0) is 47.3 Å². The van der Waals surface area contributed by atoms with Crippen molar-refractivity contribution in [2.75, 3.05) is 52.9 Å². The second-order valence-corrected chi connectivity index (χ2v) is 22.0. The van der Waals surface area contributed by atoms with E-state index in [9.17, 15) is 58.8 Å². The Labute approximate surface area is 476 Å². The van der Waals surface area contributed by atoms with Gasteiger partial charge >= 0.3 is 21.7 Å². The van der Waals surface area contributed by atoms with Crippen LogP contribution in [0.1, 0.15) is 190 Å². The molecule has 0 unspecified atom stereocenters. The zero-order valence-electron chi connectivity index (χ0n) is 50.6. The van der Waals surface area contributed by atoms with Crippen molar-refractivity contribution < 1.29 is 118 Å². The van der Waals surface area contributed by atoms with Gasteiger partial charge in [0.15, 0.2) is 23.1 Å². The minimum Gasteiger partial charge on any atom is -0.550 e. The summed E-state index contributed by atoms with van der Waals surface area (Å²) in [5, 5.41) is 42.4. The fourth-order valence-corrected chi connectivity index (χ4v) is 5.89. The first-order chi connectivity index (χ1) is 34.9. The van der Waals surface area contributed by atoms with Gasteiger partial charge < -0.3 is 77.5 Å². The first-order valence-corrected chi connectivity index (χ1v) is 27.0. The van der Waals surface area contributed by atoms with Crippen molar-refractivity contribution in [3.8, 4) is 0 Å². The van der Waals surface area contributed by atoms with Crippen LogP contribution < -0.4 is 20.4 Å². The summed E-state index contributed by atoms with van der Waals surface area (Å²) in [6, 6.07) is 0. The number of ether oxygens (including phenoxy) is 8. The predicted octanol–water partition coefficient (Wildman–Crippen LogP) is 4.59. The number of carboxylic acids is 4. The van der Waals surface area contributed by atoms with Crippen LogP contribution in [0.25, 0.3) is 0 Å². The molecule has 0 heterocycles. The Balaban J connectivity index is -0.000000298. The fraction of sp³-hybridized carbons (Fsp3) is 0.857. The molecule has 20 nitrogen and oxygen atoms in total. The molecule has 0 saturated heterocycles. The van der Waals surface area contributed by atoms with Crippen LogP contribution in [0.4, 0.5) is 0 Å². The van der Waals surface area contributed by atoms with Crippen LogP contribution in [0.3, 0.4) is 0 Å². The number of Topliss-reactive ketones (excluding diaryl/α,β-unsaturated/α-hetero) is 4. The average molecular weight is 1140 g/mol. The third-order valence-corrected chi connectivity index (χ3v) is 9.98. The molecule has 0 saturated carbocycles. The Hall–Kier alpha value is -3.05. The molecule has 0 aliphatic rings. The number of carbonyl (C=O) groups excluding carboxylic acids is 8. The summed E-state index contributed by atoms with van der Waals surface area (Å²) in [5.41, 5.74) is 0. The van der Waals surface area contributed by atoms with Gasteiger partial charge in [-0.3, -0.25) is 19.2 Å². The SMILES string of the molecule is CCC(OCC(C)C)(OCC(C)C)C(=O)CC(=O)[O-].CCC(OCC(C)C)(OCC(C)C)C(=O)CC(=O)[O-].CCC(OCC(C)C)(OCC(C)C)C(=O)CC(=O)[O-].CCC(OCC(C)C)(OCC(C)C)C(=O)CC(=O)[O-].[Ti+4]. The minimum atomic E-state index is -1.46. The number of hydrogen-bond acceptors (Lipinski definition) is 20. The summed E-state index contributed by atoms with van der Waals surface area (Å²) in [4.78, 5) is 90.7. The van der Waals surface area contributed by atoms with Gasteiger partial charge in [0, 0.05) is 49.6 Å². The van der Waals surface area contributed by atoms with E-state index in [0.29, 0.717) is 52.9 Å². The molecule has 0 aromatic heterocycles. The standard InChI is InChI=1S/4C14H26O5.Ti/c4*1-6-14(18-8-10(2)3,19-9-11(4)5)12(15)7-13(16)17;/h4*10-11H,6-9H2,1-5H3,(H,16,17);/q;;;;+4/p-4. The van der Waals surface area contributed by atoms with Crippen molar-refractivity contribution in [3.63, 3.8) is 0 Å². The molecule has 0 aromatic carbocycles. The molecule has 0 radical (unpaired) electrons. The molecule has 0 bridgehead atoms. The smallest absolute Gasteiger partial charge is 0.550 e. The van der Waals surface area contributed by atoms with E-state index in [1.165, 1.54) is 0 Å². The Morgan fingerprint density at radius 3 is 0.442 bits per heavy atom. The van der Waals surface area contributed by atoms with Crippen LogP contribution in [0.2, 0.25) is 0 Å². The Morgan fingerprint density at radius 2 is 0.377 bits per heavy atom. The van der Waals surface area contributed by atoms with Gasteiger partial charge in [0.25, 0.3) is 0 Å². The van der Waals surface area contributed by atoms with Crippen molar-refractivity contribution in [3.05, 3.63) is 0 Å². The maximum absolute atomic E-state index is 12.1. The summed E-state index contributed by atoms with van der Waals surface area (Å²) in [6.45, 7) is 40.9. The molecule has 0 atom stereocenters. The summed E-state index contributed by atoms with van der Waals surface area (Å²) >= 11 is 0. The normalized spacial score (nSPS) is 12.0. The van der Waals surface area contributed by atoms with Crippen LogP contribution in [0.5, 0.6) is 0 Å². The van der Waals surface area contributed by atoms with Crippen molar-refractivity contribution in [2.24, 2.45) is 47.3 Å². The van der Waals surface area contributed by atoms with Crippen molar-refractivity contribution in [1.29, 1.82) is 0 Å². The Kier molecular flexibility index (Phi) is 47.0. The number of carbonyl (C=O) groups is 8. The molecule has 0 fully saturated rings. The molecular formula is C56H100O20Ti. The average Bonchev–Trinajstić information content (AvgIpc) is 3.29. The molecule has 0 amide bonds. The third-order valence-electron chi connectivity index (χ3n) is 9.98. The quantitative estimate of drug-likeness (QED) is 0.0460. The van der Waals surface area contributed by atoms with Gasteiger partial charge in [-0.2, -0.15) is 0 Å². The van der Waals surface area contributed by atoms with E-state index >= 15 is 0 Å². The summed E-state index contributed by atoms with van der Waals surface area (Å²) < 4.78 is 44.7. The summed E-state index contributed by atoms with van der Waals surface area (Å²) in [5.74, 6) is -12.0. The van der Waals surface area contributed by atoms with Gasteiger partial charge in [0.1, 0.15) is 0 Å². The van der Waals surface area contributed by atoms with E-state index in [4.69, 9.17) is 37.9 Å². The zero-order valence-corrected chi connectivity index (χ0v) is 52.2. The van der Waals surface area contributed by atoms with Crippen LogP contribution in [0.15, 0.2) is 0 Å². The first kappa shape index (κ1) is 82.8. The number of ketones is 4. The number of rotatable bonds is 40. The molecule has 77 heavy (non-hydrogen) atoms. The van der Waals surface area contributed by atoms with E-state index in [1.54, 1.807) is 27.7 Å². The Bertz CT molecular complexity index is 1380. The van der Waals surface area contributed by atoms with Gasteiger partial charge in [-0.15, -0.1) is 0 Å². The predicted molar refractivity (Wildman–Crippen MR) is 277 cm³/mol. The summed E-state index contributed by atoms with van der Waals surface area (Å²) in [6.07, 6.45) is -1.66. The molecule has 448 valence electrons. The van der Waals surface area contributed by atoms with Gasteiger partial charge in [-0.25, -0.2) is 0 Å². The number of carboxylic acid groups (broad SMARTS) is 4. The molecule has 0 spiro atoms. The first-order valence-electron chi connectivity index (χ1n) is 27.0. The fourth-order valence-electron chi connectivity index (χ4n) is 5.89. The number of hydrogen-bond donors (Lipinski definition) is 0. The molecule has 0 aliphatic heterocycles. The molecule has 21 heteroatoms. The molecule has 0 aromatic rings. The third kappa shape index (κ3) is 39.1. The van der Waals surface area contributed by atoms with Gasteiger partial charge in [0.05, 0.1) is 78.5 Å². The molecule has 0 aliphatic carbocycles. The maximum Gasteiger partial charge on any atom is 4.00 e. The van der Waals surface area contributed by atoms with Crippen molar-refractivity contribution in [2.45, 2.75) is 213 Å². The second kappa shape index (κ2) is 43.7. The van der Waals surface area contributed by atoms with E-state index in [-0.39, 0.29) is 94.7 Å². The summed E-state index contributed by atoms with van der Waals surface area (Å²) in [7, 11) is 0.